The third-order valence-corrected chi connectivity index (χ3v) is 2.61. The van der Waals surface area contributed by atoms with Gasteiger partial charge in [-0.3, -0.25) is 9.67 Å². The molecule has 16 heavy (non-hydrogen) atoms. The van der Waals surface area contributed by atoms with Crippen LogP contribution in [0.1, 0.15) is 17.3 Å². The number of halogens is 2. The summed E-state index contributed by atoms with van der Waals surface area (Å²) in [6, 6.07) is 0.796. The zero-order chi connectivity index (χ0) is 11.7. The lowest BCUT2D eigenvalue weighted by Gasteiger charge is -2.12. The monoisotopic (exact) mass is 240 g/mol. The van der Waals surface area contributed by atoms with Crippen LogP contribution in [0, 0.1) is 5.82 Å². The minimum absolute atomic E-state index is 0.425. The standard InChI is InChI=1S/C10H10ClFN4/c1-16-10(8(11)5-15-16)9(13)6-2-7(12)4-14-3-6/h2-5,9H,13H2,1H3. The molecule has 6 heteroatoms. The Morgan fingerprint density at radius 3 is 2.75 bits per heavy atom. The lowest BCUT2D eigenvalue weighted by atomic mass is 10.1. The van der Waals surface area contributed by atoms with Gasteiger partial charge in [-0.2, -0.15) is 5.10 Å². The molecule has 0 aliphatic heterocycles. The molecule has 2 rings (SSSR count). The molecule has 2 aromatic heterocycles. The van der Waals surface area contributed by atoms with Crippen molar-refractivity contribution in [1.82, 2.24) is 14.8 Å². The first kappa shape index (κ1) is 11.0. The van der Waals surface area contributed by atoms with Crippen LogP contribution in [0.4, 0.5) is 4.39 Å². The SMILES string of the molecule is Cn1ncc(Cl)c1C(N)c1cncc(F)c1. The van der Waals surface area contributed by atoms with Crippen LogP contribution in [0.15, 0.2) is 24.7 Å². The van der Waals surface area contributed by atoms with E-state index >= 15 is 0 Å². The number of nitrogens with two attached hydrogens (primary N) is 1. The topological polar surface area (TPSA) is 56.7 Å². The van der Waals surface area contributed by atoms with E-state index in [-0.39, 0.29) is 0 Å². The second-order valence-electron chi connectivity index (χ2n) is 3.42. The Balaban J connectivity index is 2.43. The van der Waals surface area contributed by atoms with Gasteiger partial charge in [-0.1, -0.05) is 11.6 Å². The third kappa shape index (κ3) is 1.91. The largest absolute Gasteiger partial charge is 0.319 e. The normalized spacial score (nSPS) is 12.8. The molecule has 1 atom stereocenters. The molecule has 1 unspecified atom stereocenters. The summed E-state index contributed by atoms with van der Waals surface area (Å²) in [6.45, 7) is 0. The van der Waals surface area contributed by atoms with E-state index < -0.39 is 11.9 Å². The van der Waals surface area contributed by atoms with Gasteiger partial charge >= 0.3 is 0 Å². The van der Waals surface area contributed by atoms with E-state index in [1.165, 1.54) is 18.5 Å². The number of pyridine rings is 1. The fraction of sp³-hybridized carbons (Fsp3) is 0.200. The van der Waals surface area contributed by atoms with Gasteiger partial charge in [0.2, 0.25) is 0 Å². The number of aromatic nitrogens is 3. The molecule has 0 fully saturated rings. The quantitative estimate of drug-likeness (QED) is 0.869. The minimum Gasteiger partial charge on any atom is -0.319 e. The Morgan fingerprint density at radius 2 is 2.19 bits per heavy atom. The summed E-state index contributed by atoms with van der Waals surface area (Å²) in [4.78, 5) is 3.75. The van der Waals surface area contributed by atoms with Crippen LogP contribution < -0.4 is 5.73 Å². The van der Waals surface area contributed by atoms with Crippen molar-refractivity contribution in [3.63, 3.8) is 0 Å². The molecule has 2 heterocycles. The first-order valence-corrected chi connectivity index (χ1v) is 5.01. The van der Waals surface area contributed by atoms with Crippen LogP contribution in [0.25, 0.3) is 0 Å². The van der Waals surface area contributed by atoms with Crippen molar-refractivity contribution in [3.05, 3.63) is 46.8 Å². The molecule has 0 aliphatic carbocycles. The molecule has 0 saturated heterocycles. The lowest BCUT2D eigenvalue weighted by Crippen LogP contribution is -2.16. The van der Waals surface area contributed by atoms with Crippen molar-refractivity contribution in [2.75, 3.05) is 0 Å². The van der Waals surface area contributed by atoms with Gasteiger partial charge in [0.1, 0.15) is 5.82 Å². The second-order valence-corrected chi connectivity index (χ2v) is 3.82. The van der Waals surface area contributed by atoms with Crippen molar-refractivity contribution in [2.45, 2.75) is 6.04 Å². The molecule has 2 aromatic rings. The van der Waals surface area contributed by atoms with Crippen LogP contribution in [-0.2, 0) is 7.05 Å². The summed E-state index contributed by atoms with van der Waals surface area (Å²) in [5, 5.41) is 4.43. The van der Waals surface area contributed by atoms with E-state index in [0.717, 1.165) is 6.20 Å². The third-order valence-electron chi connectivity index (χ3n) is 2.32. The molecule has 4 nitrogen and oxygen atoms in total. The average molecular weight is 241 g/mol. The fourth-order valence-corrected chi connectivity index (χ4v) is 1.81. The average Bonchev–Trinajstić information content (AvgIpc) is 2.58. The van der Waals surface area contributed by atoms with Gasteiger partial charge in [0.05, 0.1) is 29.2 Å². The summed E-state index contributed by atoms with van der Waals surface area (Å²) in [5.74, 6) is -0.425. The van der Waals surface area contributed by atoms with Crippen molar-refractivity contribution in [2.24, 2.45) is 12.8 Å². The van der Waals surface area contributed by atoms with Crippen LogP contribution in [0.5, 0.6) is 0 Å². The molecule has 0 amide bonds. The maximum absolute atomic E-state index is 13.0. The predicted molar refractivity (Wildman–Crippen MR) is 58.4 cm³/mol. The summed E-state index contributed by atoms with van der Waals surface area (Å²) in [7, 11) is 1.73. The Bertz CT molecular complexity index is 492. The number of nitrogens with zero attached hydrogens (tertiary/aromatic N) is 3. The fourth-order valence-electron chi connectivity index (χ4n) is 1.53. The molecule has 0 aromatic carbocycles. The molecule has 2 N–H and O–H groups in total. The maximum atomic E-state index is 13.0. The van der Waals surface area contributed by atoms with E-state index in [4.69, 9.17) is 17.3 Å². The first-order chi connectivity index (χ1) is 7.59. The van der Waals surface area contributed by atoms with Crippen LogP contribution >= 0.6 is 11.6 Å². The highest BCUT2D eigenvalue weighted by molar-refractivity contribution is 6.31. The second kappa shape index (κ2) is 4.19. The van der Waals surface area contributed by atoms with Gasteiger partial charge in [-0.15, -0.1) is 0 Å². The van der Waals surface area contributed by atoms with E-state index in [0.29, 0.717) is 16.3 Å². The van der Waals surface area contributed by atoms with Gasteiger partial charge < -0.3 is 5.73 Å². The Morgan fingerprint density at radius 1 is 1.44 bits per heavy atom. The van der Waals surface area contributed by atoms with Gasteiger partial charge in [-0.25, -0.2) is 4.39 Å². The number of hydrogen-bond donors (Lipinski definition) is 1. The van der Waals surface area contributed by atoms with E-state index in [2.05, 4.69) is 10.1 Å². The maximum Gasteiger partial charge on any atom is 0.141 e. The Labute approximate surface area is 96.9 Å². The number of aryl methyl sites for hydroxylation is 1. The summed E-state index contributed by atoms with van der Waals surface area (Å²) in [6.07, 6.45) is 4.14. The number of hydrogen-bond acceptors (Lipinski definition) is 3. The Kier molecular flexibility index (Phi) is 2.89. The van der Waals surface area contributed by atoms with Crippen LogP contribution in [-0.4, -0.2) is 14.8 Å². The van der Waals surface area contributed by atoms with Gasteiger partial charge in [0, 0.05) is 13.2 Å². The zero-order valence-electron chi connectivity index (χ0n) is 8.56. The molecule has 0 radical (unpaired) electrons. The van der Waals surface area contributed by atoms with Crippen molar-refractivity contribution >= 4 is 11.6 Å². The molecule has 0 spiro atoms. The molecular weight excluding hydrogens is 231 g/mol. The van der Waals surface area contributed by atoms with Gasteiger partial charge in [-0.05, 0) is 11.6 Å². The van der Waals surface area contributed by atoms with Crippen LogP contribution in [0.3, 0.4) is 0 Å². The van der Waals surface area contributed by atoms with Gasteiger partial charge in [0.15, 0.2) is 0 Å². The highest BCUT2D eigenvalue weighted by Crippen LogP contribution is 2.25. The summed E-state index contributed by atoms with van der Waals surface area (Å²) < 4.78 is 14.6. The van der Waals surface area contributed by atoms with Gasteiger partial charge in [0.25, 0.3) is 0 Å². The Hall–Kier alpha value is -1.46. The molecule has 84 valence electrons. The van der Waals surface area contributed by atoms with Crippen molar-refractivity contribution in [3.8, 4) is 0 Å². The zero-order valence-corrected chi connectivity index (χ0v) is 9.32. The molecule has 0 bridgehead atoms. The summed E-state index contributed by atoms with van der Waals surface area (Å²) >= 11 is 5.95. The highest BCUT2D eigenvalue weighted by atomic mass is 35.5. The molecular formula is C10H10ClFN4. The first-order valence-electron chi connectivity index (χ1n) is 4.63. The van der Waals surface area contributed by atoms with Crippen molar-refractivity contribution in [1.29, 1.82) is 0 Å². The highest BCUT2D eigenvalue weighted by Gasteiger charge is 2.17. The lowest BCUT2D eigenvalue weighted by molar-refractivity contribution is 0.612. The minimum atomic E-state index is -0.539. The molecule has 0 saturated carbocycles. The van der Waals surface area contributed by atoms with E-state index in [9.17, 15) is 4.39 Å². The molecule has 0 aliphatic rings. The van der Waals surface area contributed by atoms with Crippen molar-refractivity contribution < 1.29 is 4.39 Å². The van der Waals surface area contributed by atoms with E-state index in [1.807, 2.05) is 0 Å². The summed E-state index contributed by atoms with van der Waals surface area (Å²) in [5.41, 5.74) is 7.17. The van der Waals surface area contributed by atoms with Crippen LogP contribution in [0.2, 0.25) is 5.02 Å². The predicted octanol–water partition coefficient (Wildman–Crippen LogP) is 1.66. The smallest absolute Gasteiger partial charge is 0.141 e. The number of rotatable bonds is 2. The van der Waals surface area contributed by atoms with E-state index in [1.54, 1.807) is 11.7 Å².